The maximum atomic E-state index is 13.8. The van der Waals surface area contributed by atoms with Gasteiger partial charge in [-0.2, -0.15) is 0 Å². The van der Waals surface area contributed by atoms with Gasteiger partial charge in [0, 0.05) is 11.7 Å². The summed E-state index contributed by atoms with van der Waals surface area (Å²) in [7, 11) is 1.62. The summed E-state index contributed by atoms with van der Waals surface area (Å²) >= 11 is 4.92. The molecule has 0 saturated carbocycles. The molecule has 3 N–H and O–H groups in total. The molecule has 2 aromatic rings. The van der Waals surface area contributed by atoms with Crippen LogP contribution < -0.4 is 15.8 Å². The van der Waals surface area contributed by atoms with Crippen molar-refractivity contribution in [3.8, 4) is 5.75 Å². The van der Waals surface area contributed by atoms with E-state index in [1.165, 1.54) is 6.07 Å². The van der Waals surface area contributed by atoms with E-state index in [9.17, 15) is 4.39 Å². The molecular weight excluding hydrogens is 287 g/mol. The van der Waals surface area contributed by atoms with E-state index in [1.54, 1.807) is 19.2 Å². The summed E-state index contributed by atoms with van der Waals surface area (Å²) in [6.45, 7) is 1.98. The van der Waals surface area contributed by atoms with Gasteiger partial charge in [0.25, 0.3) is 0 Å². The van der Waals surface area contributed by atoms with Crippen molar-refractivity contribution in [1.82, 2.24) is 0 Å². The lowest BCUT2D eigenvalue weighted by Gasteiger charge is -2.18. The fourth-order valence-corrected chi connectivity index (χ4v) is 2.31. The van der Waals surface area contributed by atoms with Crippen LogP contribution >= 0.6 is 12.2 Å². The zero-order valence-corrected chi connectivity index (χ0v) is 12.7. The molecule has 110 valence electrons. The molecule has 0 radical (unpaired) electrons. The van der Waals surface area contributed by atoms with Gasteiger partial charge in [0.1, 0.15) is 16.6 Å². The Morgan fingerprint density at radius 1 is 1.24 bits per heavy atom. The second-order valence-electron chi connectivity index (χ2n) is 4.67. The molecule has 5 heteroatoms. The van der Waals surface area contributed by atoms with Crippen molar-refractivity contribution in [2.24, 2.45) is 5.73 Å². The van der Waals surface area contributed by atoms with Gasteiger partial charge in [-0.25, -0.2) is 4.39 Å². The Kier molecular flexibility index (Phi) is 4.75. The standard InChI is InChI=1S/C16H17FN2OS/c1-10(11-6-8-12(20-2)9-7-11)19-14-5-3-4-13(17)15(14)16(18)21/h3-10,19H,1-2H3,(H2,18,21). The van der Waals surface area contributed by atoms with E-state index >= 15 is 0 Å². The lowest BCUT2D eigenvalue weighted by atomic mass is 10.1. The van der Waals surface area contributed by atoms with E-state index < -0.39 is 5.82 Å². The number of thiocarbonyl (C=S) groups is 1. The Bertz CT molecular complexity index is 643. The molecule has 0 heterocycles. The van der Waals surface area contributed by atoms with Crippen LogP contribution in [-0.2, 0) is 0 Å². The number of benzene rings is 2. The maximum absolute atomic E-state index is 13.8. The molecule has 0 aliphatic rings. The quantitative estimate of drug-likeness (QED) is 0.828. The van der Waals surface area contributed by atoms with Crippen molar-refractivity contribution in [2.75, 3.05) is 12.4 Å². The van der Waals surface area contributed by atoms with Crippen LogP contribution in [0.2, 0.25) is 0 Å². The molecule has 2 rings (SSSR count). The van der Waals surface area contributed by atoms with Gasteiger partial charge in [-0.1, -0.05) is 30.4 Å². The molecule has 0 spiro atoms. The van der Waals surface area contributed by atoms with Crippen LogP contribution in [0.5, 0.6) is 5.75 Å². The molecule has 3 nitrogen and oxygen atoms in total. The highest BCUT2D eigenvalue weighted by molar-refractivity contribution is 7.80. The second-order valence-corrected chi connectivity index (χ2v) is 5.11. The van der Waals surface area contributed by atoms with E-state index in [-0.39, 0.29) is 16.6 Å². The number of halogens is 1. The molecule has 0 amide bonds. The predicted octanol–water partition coefficient (Wildman–Crippen LogP) is 3.64. The lowest BCUT2D eigenvalue weighted by Crippen LogP contribution is -2.17. The first-order chi connectivity index (χ1) is 10.0. The van der Waals surface area contributed by atoms with E-state index in [1.807, 2.05) is 31.2 Å². The highest BCUT2D eigenvalue weighted by Crippen LogP contribution is 2.25. The number of hydrogen-bond acceptors (Lipinski definition) is 3. The Labute approximate surface area is 128 Å². The Morgan fingerprint density at radius 2 is 1.90 bits per heavy atom. The first-order valence-corrected chi connectivity index (χ1v) is 6.92. The largest absolute Gasteiger partial charge is 0.497 e. The molecule has 0 fully saturated rings. The van der Waals surface area contributed by atoms with Gasteiger partial charge in [0.2, 0.25) is 0 Å². The number of anilines is 1. The zero-order chi connectivity index (χ0) is 15.4. The van der Waals surface area contributed by atoms with Gasteiger partial charge in [-0.15, -0.1) is 0 Å². The average molecular weight is 304 g/mol. The Morgan fingerprint density at radius 3 is 2.48 bits per heavy atom. The molecule has 0 bridgehead atoms. The summed E-state index contributed by atoms with van der Waals surface area (Å²) in [6.07, 6.45) is 0. The van der Waals surface area contributed by atoms with E-state index in [2.05, 4.69) is 5.32 Å². The third kappa shape index (κ3) is 3.49. The number of nitrogens with two attached hydrogens (primary N) is 1. The van der Waals surface area contributed by atoms with Gasteiger partial charge in [-0.3, -0.25) is 0 Å². The monoisotopic (exact) mass is 304 g/mol. The normalized spacial score (nSPS) is 11.8. The number of ether oxygens (including phenoxy) is 1. The van der Waals surface area contributed by atoms with Crippen LogP contribution in [0.25, 0.3) is 0 Å². The first kappa shape index (κ1) is 15.3. The minimum absolute atomic E-state index is 0.0224. The maximum Gasteiger partial charge on any atom is 0.135 e. The zero-order valence-electron chi connectivity index (χ0n) is 11.9. The molecule has 1 unspecified atom stereocenters. The van der Waals surface area contributed by atoms with Gasteiger partial charge < -0.3 is 15.8 Å². The third-order valence-electron chi connectivity index (χ3n) is 3.25. The third-order valence-corrected chi connectivity index (χ3v) is 3.45. The van der Waals surface area contributed by atoms with Crippen molar-refractivity contribution in [3.63, 3.8) is 0 Å². The minimum atomic E-state index is -0.422. The van der Waals surface area contributed by atoms with Crippen molar-refractivity contribution < 1.29 is 9.13 Å². The van der Waals surface area contributed by atoms with Crippen molar-refractivity contribution in [2.45, 2.75) is 13.0 Å². The summed E-state index contributed by atoms with van der Waals surface area (Å²) in [6, 6.07) is 12.4. The van der Waals surface area contributed by atoms with Gasteiger partial charge in [0.15, 0.2) is 0 Å². The van der Waals surface area contributed by atoms with Crippen LogP contribution in [-0.4, -0.2) is 12.1 Å². The molecular formula is C16H17FN2OS. The SMILES string of the molecule is COc1ccc(C(C)Nc2cccc(F)c2C(N)=S)cc1. The van der Waals surface area contributed by atoms with Gasteiger partial charge >= 0.3 is 0 Å². The molecule has 0 aromatic heterocycles. The van der Waals surface area contributed by atoms with Gasteiger partial charge in [0.05, 0.1) is 12.7 Å². The smallest absolute Gasteiger partial charge is 0.135 e. The molecule has 0 saturated heterocycles. The van der Waals surface area contributed by atoms with Gasteiger partial charge in [-0.05, 0) is 36.8 Å². The topological polar surface area (TPSA) is 47.3 Å². The first-order valence-electron chi connectivity index (χ1n) is 6.51. The van der Waals surface area contributed by atoms with Crippen LogP contribution in [0.1, 0.15) is 24.1 Å². The highest BCUT2D eigenvalue weighted by atomic mass is 32.1. The van der Waals surface area contributed by atoms with E-state index in [0.29, 0.717) is 5.69 Å². The summed E-state index contributed by atoms with van der Waals surface area (Å²) in [5.74, 6) is 0.370. The highest BCUT2D eigenvalue weighted by Gasteiger charge is 2.13. The van der Waals surface area contributed by atoms with E-state index in [0.717, 1.165) is 11.3 Å². The number of methoxy groups -OCH3 is 1. The number of hydrogen-bond donors (Lipinski definition) is 2. The van der Waals surface area contributed by atoms with Crippen molar-refractivity contribution in [3.05, 3.63) is 59.4 Å². The van der Waals surface area contributed by atoms with Crippen LogP contribution in [0.3, 0.4) is 0 Å². The fourth-order valence-electron chi connectivity index (χ4n) is 2.10. The molecule has 21 heavy (non-hydrogen) atoms. The van der Waals surface area contributed by atoms with Crippen molar-refractivity contribution in [1.29, 1.82) is 0 Å². The Hall–Kier alpha value is -2.14. The number of nitrogens with one attached hydrogen (secondary N) is 1. The molecule has 2 aromatic carbocycles. The lowest BCUT2D eigenvalue weighted by molar-refractivity contribution is 0.414. The van der Waals surface area contributed by atoms with E-state index in [4.69, 9.17) is 22.7 Å². The Balaban J connectivity index is 2.24. The van der Waals surface area contributed by atoms with Crippen LogP contribution in [0, 0.1) is 5.82 Å². The van der Waals surface area contributed by atoms with Crippen LogP contribution in [0.4, 0.5) is 10.1 Å². The second kappa shape index (κ2) is 6.54. The fraction of sp³-hybridized carbons (Fsp3) is 0.188. The predicted molar refractivity (Wildman–Crippen MR) is 87.3 cm³/mol. The van der Waals surface area contributed by atoms with Crippen LogP contribution in [0.15, 0.2) is 42.5 Å². The minimum Gasteiger partial charge on any atom is -0.497 e. The summed E-state index contributed by atoms with van der Waals surface area (Å²) in [5.41, 5.74) is 7.48. The summed E-state index contributed by atoms with van der Waals surface area (Å²) < 4.78 is 19.0. The number of rotatable bonds is 5. The summed E-state index contributed by atoms with van der Waals surface area (Å²) in [4.78, 5) is 0.0394. The molecule has 0 aliphatic carbocycles. The molecule has 1 atom stereocenters. The molecule has 0 aliphatic heterocycles. The van der Waals surface area contributed by atoms with Crippen molar-refractivity contribution >= 4 is 22.9 Å². The average Bonchev–Trinajstić information content (AvgIpc) is 2.47. The summed E-state index contributed by atoms with van der Waals surface area (Å²) in [5, 5.41) is 3.24.